The third kappa shape index (κ3) is 1.70. The van der Waals surface area contributed by atoms with Gasteiger partial charge < -0.3 is 15.4 Å². The zero-order chi connectivity index (χ0) is 14.5. The van der Waals surface area contributed by atoms with Crippen molar-refractivity contribution in [1.29, 1.82) is 0 Å². The summed E-state index contributed by atoms with van der Waals surface area (Å²) in [6.45, 7) is 5.45. The van der Waals surface area contributed by atoms with Crippen LogP contribution in [0, 0.1) is 11.3 Å². The molecule has 1 saturated carbocycles. The van der Waals surface area contributed by atoms with E-state index in [0.717, 1.165) is 13.0 Å². The maximum absolute atomic E-state index is 12.9. The Morgan fingerprint density at radius 3 is 3.00 bits per heavy atom. The molecule has 3 rings (SSSR count). The second-order valence-corrected chi connectivity index (χ2v) is 7.55. The van der Waals surface area contributed by atoms with Crippen LogP contribution in [0.3, 0.4) is 0 Å². The molecule has 0 radical (unpaired) electrons. The molecule has 2 heterocycles. The van der Waals surface area contributed by atoms with Crippen molar-refractivity contribution in [2.24, 2.45) is 17.1 Å². The largest absolute Gasteiger partial charge is 0.377 e. The lowest BCUT2D eigenvalue weighted by molar-refractivity contribution is -0.183. The second-order valence-electron chi connectivity index (χ2n) is 6.52. The lowest BCUT2D eigenvalue weighted by Crippen LogP contribution is -2.80. The quantitative estimate of drug-likeness (QED) is 0.925. The van der Waals surface area contributed by atoms with Gasteiger partial charge in [-0.3, -0.25) is 4.79 Å². The van der Waals surface area contributed by atoms with E-state index in [1.54, 1.807) is 16.2 Å². The minimum atomic E-state index is -0.791. The molecule has 0 spiro atoms. The Kier molecular flexibility index (Phi) is 3.19. The number of likely N-dealkylation sites (N-methyl/N-ethyl adjacent to an activating group) is 1. The summed E-state index contributed by atoms with van der Waals surface area (Å²) in [5.41, 5.74) is 5.48. The molecular weight excluding hydrogens is 272 g/mol. The van der Waals surface area contributed by atoms with Gasteiger partial charge in [0.15, 0.2) is 0 Å². The van der Waals surface area contributed by atoms with E-state index in [9.17, 15) is 4.79 Å². The van der Waals surface area contributed by atoms with Crippen molar-refractivity contribution in [3.8, 4) is 0 Å². The summed E-state index contributed by atoms with van der Waals surface area (Å²) in [5.74, 6) is 0.207. The van der Waals surface area contributed by atoms with Crippen LogP contribution >= 0.6 is 11.3 Å². The maximum Gasteiger partial charge on any atom is 0.243 e. The molecule has 2 N–H and O–H groups in total. The highest BCUT2D eigenvalue weighted by Gasteiger charge is 2.71. The van der Waals surface area contributed by atoms with E-state index in [1.165, 1.54) is 4.88 Å². The number of carbonyl (C=O) groups excluding carboxylic acids is 1. The first kappa shape index (κ1) is 14.0. The number of nitrogens with zero attached hydrogens (tertiary/aromatic N) is 1. The summed E-state index contributed by atoms with van der Waals surface area (Å²) >= 11 is 1.66. The fourth-order valence-electron chi connectivity index (χ4n) is 3.84. The van der Waals surface area contributed by atoms with E-state index in [2.05, 4.69) is 13.8 Å². The van der Waals surface area contributed by atoms with Crippen LogP contribution in [-0.2, 0) is 16.1 Å². The Balaban J connectivity index is 1.79. The SMILES string of the molecule is CN(Cc1cccs1)C(=O)C1(N)C2CCOC2C1(C)C. The van der Waals surface area contributed by atoms with Crippen molar-refractivity contribution in [3.63, 3.8) is 0 Å². The molecule has 1 aliphatic carbocycles. The average Bonchev–Trinajstić information content (AvgIpc) is 3.06. The molecule has 3 unspecified atom stereocenters. The molecule has 1 aromatic rings. The Bertz CT molecular complexity index is 514. The minimum absolute atomic E-state index is 0.0441. The molecule has 110 valence electrons. The number of amides is 1. The molecule has 3 atom stereocenters. The molecule has 2 fully saturated rings. The first-order valence-corrected chi connectivity index (χ1v) is 7.95. The number of ether oxygens (including phenoxy) is 1. The van der Waals surface area contributed by atoms with Crippen molar-refractivity contribution < 1.29 is 9.53 Å². The van der Waals surface area contributed by atoms with Crippen molar-refractivity contribution >= 4 is 17.2 Å². The average molecular weight is 294 g/mol. The summed E-state index contributed by atoms with van der Waals surface area (Å²) in [5, 5.41) is 2.03. The van der Waals surface area contributed by atoms with Gasteiger partial charge in [0.25, 0.3) is 0 Å². The molecule has 2 aliphatic rings. The summed E-state index contributed by atoms with van der Waals surface area (Å²) in [4.78, 5) is 15.8. The number of thiophene rings is 1. The number of hydrogen-bond donors (Lipinski definition) is 1. The van der Waals surface area contributed by atoms with Crippen LogP contribution in [0.25, 0.3) is 0 Å². The zero-order valence-corrected chi connectivity index (χ0v) is 13.1. The number of rotatable bonds is 3. The van der Waals surface area contributed by atoms with Gasteiger partial charge in [-0.2, -0.15) is 0 Å². The van der Waals surface area contributed by atoms with Crippen LogP contribution in [0.2, 0.25) is 0 Å². The third-order valence-electron chi connectivity index (χ3n) is 5.13. The van der Waals surface area contributed by atoms with Gasteiger partial charge in [0.05, 0.1) is 12.6 Å². The molecule has 1 aromatic heterocycles. The molecule has 0 aromatic carbocycles. The zero-order valence-electron chi connectivity index (χ0n) is 12.3. The van der Waals surface area contributed by atoms with Gasteiger partial charge in [0.1, 0.15) is 5.54 Å². The topological polar surface area (TPSA) is 55.6 Å². The molecular formula is C15H22N2O2S. The number of fused-ring (bicyclic) bond motifs is 1. The van der Waals surface area contributed by atoms with Crippen LogP contribution in [0.15, 0.2) is 17.5 Å². The van der Waals surface area contributed by atoms with Crippen molar-refractivity contribution in [2.45, 2.75) is 38.5 Å². The first-order valence-electron chi connectivity index (χ1n) is 7.07. The summed E-state index contributed by atoms with van der Waals surface area (Å²) in [6.07, 6.45) is 1.02. The van der Waals surface area contributed by atoms with E-state index < -0.39 is 5.54 Å². The van der Waals surface area contributed by atoms with E-state index in [4.69, 9.17) is 10.5 Å². The highest BCUT2D eigenvalue weighted by atomic mass is 32.1. The predicted octanol–water partition coefficient (Wildman–Crippen LogP) is 1.85. The number of hydrogen-bond acceptors (Lipinski definition) is 4. The molecule has 5 heteroatoms. The third-order valence-corrected chi connectivity index (χ3v) is 5.99. The van der Waals surface area contributed by atoms with Gasteiger partial charge in [-0.25, -0.2) is 0 Å². The highest BCUT2D eigenvalue weighted by molar-refractivity contribution is 7.09. The summed E-state index contributed by atoms with van der Waals surface area (Å²) in [7, 11) is 1.84. The lowest BCUT2D eigenvalue weighted by Gasteiger charge is -2.61. The Morgan fingerprint density at radius 1 is 1.60 bits per heavy atom. The number of carbonyl (C=O) groups is 1. The van der Waals surface area contributed by atoms with E-state index in [-0.39, 0.29) is 23.3 Å². The van der Waals surface area contributed by atoms with Gasteiger partial charge in [0.2, 0.25) is 5.91 Å². The standard InChI is InChI=1S/C15H22N2O2S/c1-14(2)12-11(6-7-19-12)15(14,16)13(18)17(3)9-10-5-4-8-20-10/h4-5,8,11-12H,6-7,9,16H2,1-3H3. The van der Waals surface area contributed by atoms with Crippen molar-refractivity contribution in [2.75, 3.05) is 13.7 Å². The predicted molar refractivity (Wildman–Crippen MR) is 79.3 cm³/mol. The maximum atomic E-state index is 12.9. The molecule has 1 aliphatic heterocycles. The molecule has 1 saturated heterocycles. The van der Waals surface area contributed by atoms with Crippen LogP contribution in [0.1, 0.15) is 25.1 Å². The van der Waals surface area contributed by atoms with Gasteiger partial charge in [-0.05, 0) is 17.9 Å². The molecule has 0 bridgehead atoms. The van der Waals surface area contributed by atoms with Gasteiger partial charge >= 0.3 is 0 Å². The Hall–Kier alpha value is -0.910. The summed E-state index contributed by atoms with van der Waals surface area (Å²) < 4.78 is 5.75. The van der Waals surface area contributed by atoms with Gasteiger partial charge in [-0.1, -0.05) is 19.9 Å². The minimum Gasteiger partial charge on any atom is -0.377 e. The highest BCUT2D eigenvalue weighted by Crippen LogP contribution is 2.58. The van der Waals surface area contributed by atoms with Crippen LogP contribution < -0.4 is 5.73 Å². The van der Waals surface area contributed by atoms with Gasteiger partial charge in [-0.15, -0.1) is 11.3 Å². The van der Waals surface area contributed by atoms with Gasteiger partial charge in [0, 0.05) is 29.9 Å². The number of nitrogens with two attached hydrogens (primary N) is 1. The van der Waals surface area contributed by atoms with E-state index in [0.29, 0.717) is 6.54 Å². The lowest BCUT2D eigenvalue weighted by atomic mass is 9.47. The molecule has 4 nitrogen and oxygen atoms in total. The second kappa shape index (κ2) is 4.55. The van der Waals surface area contributed by atoms with E-state index in [1.807, 2.05) is 24.6 Å². The molecule has 1 amide bonds. The Labute approximate surface area is 123 Å². The van der Waals surface area contributed by atoms with Crippen molar-refractivity contribution in [1.82, 2.24) is 4.90 Å². The fraction of sp³-hybridized carbons (Fsp3) is 0.667. The Morgan fingerprint density at radius 2 is 2.35 bits per heavy atom. The normalized spacial score (nSPS) is 34.4. The van der Waals surface area contributed by atoms with Crippen molar-refractivity contribution in [3.05, 3.63) is 22.4 Å². The monoisotopic (exact) mass is 294 g/mol. The van der Waals surface area contributed by atoms with E-state index >= 15 is 0 Å². The first-order chi connectivity index (χ1) is 9.39. The smallest absolute Gasteiger partial charge is 0.243 e. The summed E-state index contributed by atoms with van der Waals surface area (Å²) in [6, 6.07) is 4.05. The fourth-order valence-corrected chi connectivity index (χ4v) is 4.60. The van der Waals surface area contributed by atoms with Crippen LogP contribution in [0.5, 0.6) is 0 Å². The van der Waals surface area contributed by atoms with Crippen LogP contribution in [0.4, 0.5) is 0 Å². The molecule has 20 heavy (non-hydrogen) atoms. The van der Waals surface area contributed by atoms with Crippen LogP contribution in [-0.4, -0.2) is 36.1 Å².